The molecule has 0 amide bonds. The molecule has 0 atom stereocenters. The Morgan fingerprint density at radius 2 is 1.68 bits per heavy atom. The van der Waals surface area contributed by atoms with Gasteiger partial charge in [0.15, 0.2) is 0 Å². The summed E-state index contributed by atoms with van der Waals surface area (Å²) in [4.78, 5) is 18.3. The number of para-hydroxylation sites is 2. The van der Waals surface area contributed by atoms with Gasteiger partial charge in [0.25, 0.3) is 5.91 Å². The molecule has 2 aromatic heterocycles. The van der Waals surface area contributed by atoms with Crippen LogP contribution in [0.15, 0.2) is 83.5 Å². The molecule has 28 heavy (non-hydrogen) atoms. The number of carbonyl (C=O) groups excluding carboxylic acids is 1. The normalized spacial score (nSPS) is 11.4. The van der Waals surface area contributed by atoms with E-state index in [0.29, 0.717) is 11.4 Å². The molecule has 0 saturated carbocycles. The van der Waals surface area contributed by atoms with Crippen molar-refractivity contribution in [3.05, 3.63) is 89.0 Å². The summed E-state index contributed by atoms with van der Waals surface area (Å²) >= 11 is 3.56. The van der Waals surface area contributed by atoms with Gasteiger partial charge in [-0.15, -0.1) is 0 Å². The molecule has 3 aromatic carbocycles. The Bertz CT molecular complexity index is 1350. The molecule has 0 aliphatic carbocycles. The van der Waals surface area contributed by atoms with Gasteiger partial charge in [0.1, 0.15) is 5.82 Å². The lowest BCUT2D eigenvalue weighted by Gasteiger charge is -2.08. The van der Waals surface area contributed by atoms with E-state index in [0.717, 1.165) is 32.0 Å². The summed E-state index contributed by atoms with van der Waals surface area (Å²) in [7, 11) is 2.01. The van der Waals surface area contributed by atoms with Crippen molar-refractivity contribution in [2.24, 2.45) is 7.05 Å². The number of nitrogens with zero attached hydrogens (tertiary/aromatic N) is 3. The lowest BCUT2D eigenvalue weighted by Crippen LogP contribution is -2.13. The zero-order valence-corrected chi connectivity index (χ0v) is 16.7. The lowest BCUT2D eigenvalue weighted by atomic mass is 10.1. The van der Waals surface area contributed by atoms with Gasteiger partial charge in [-0.25, -0.2) is 4.98 Å². The maximum absolute atomic E-state index is 13.4. The van der Waals surface area contributed by atoms with Gasteiger partial charge in [0.2, 0.25) is 0 Å². The van der Waals surface area contributed by atoms with Gasteiger partial charge in [-0.2, -0.15) is 0 Å². The van der Waals surface area contributed by atoms with E-state index >= 15 is 0 Å². The monoisotopic (exact) mass is 429 g/mol. The Labute approximate surface area is 170 Å². The number of aryl methyl sites for hydroxylation is 1. The third-order valence-electron chi connectivity index (χ3n) is 4.98. The molecular weight excluding hydrogens is 414 g/mol. The molecule has 2 heterocycles. The Hall–Kier alpha value is -3.18. The van der Waals surface area contributed by atoms with E-state index in [4.69, 9.17) is 4.98 Å². The number of hydrogen-bond acceptors (Lipinski definition) is 2. The maximum Gasteiger partial charge on any atom is 0.264 e. The number of rotatable bonds is 2. The third kappa shape index (κ3) is 2.59. The Balaban J connectivity index is 1.84. The van der Waals surface area contributed by atoms with Gasteiger partial charge in [-0.3, -0.25) is 9.36 Å². The highest BCUT2D eigenvalue weighted by Gasteiger charge is 2.22. The minimum Gasteiger partial charge on any atom is -0.350 e. The number of fused-ring (bicyclic) bond motifs is 2. The summed E-state index contributed by atoms with van der Waals surface area (Å²) in [5, 5.41) is 1.05. The van der Waals surface area contributed by atoms with Gasteiger partial charge in [-0.05, 0) is 42.5 Å². The van der Waals surface area contributed by atoms with Crippen LogP contribution in [-0.4, -0.2) is 20.0 Å². The van der Waals surface area contributed by atoms with Crippen LogP contribution in [0, 0.1) is 0 Å². The van der Waals surface area contributed by atoms with E-state index in [1.807, 2.05) is 73.9 Å². The first-order chi connectivity index (χ1) is 13.6. The van der Waals surface area contributed by atoms with E-state index in [2.05, 4.69) is 32.6 Å². The van der Waals surface area contributed by atoms with Crippen LogP contribution < -0.4 is 0 Å². The second kappa shape index (κ2) is 6.46. The predicted octanol–water partition coefficient (Wildman–Crippen LogP) is 5.65. The van der Waals surface area contributed by atoms with Crippen LogP contribution in [-0.2, 0) is 7.05 Å². The van der Waals surface area contributed by atoms with E-state index in [1.54, 1.807) is 4.57 Å². The third-order valence-corrected chi connectivity index (χ3v) is 5.47. The molecule has 5 aromatic rings. The SMILES string of the molecule is Cn1cc(-c2nc3ccccc3n2C(=O)c2ccccc2)c2cc(Br)ccc21. The highest BCUT2D eigenvalue weighted by molar-refractivity contribution is 9.10. The van der Waals surface area contributed by atoms with Crippen molar-refractivity contribution in [2.75, 3.05) is 0 Å². The van der Waals surface area contributed by atoms with Crippen molar-refractivity contribution < 1.29 is 4.79 Å². The molecule has 5 heteroatoms. The Morgan fingerprint density at radius 1 is 0.929 bits per heavy atom. The molecule has 0 aliphatic rings. The lowest BCUT2D eigenvalue weighted by molar-refractivity contribution is 0.0966. The molecule has 0 spiro atoms. The number of carbonyl (C=O) groups is 1. The molecule has 0 saturated heterocycles. The fraction of sp³-hybridized carbons (Fsp3) is 0.0435. The number of halogens is 1. The first kappa shape index (κ1) is 17.0. The molecule has 0 fully saturated rings. The zero-order valence-electron chi connectivity index (χ0n) is 15.1. The Morgan fingerprint density at radius 3 is 2.50 bits per heavy atom. The number of aromatic nitrogens is 3. The minimum absolute atomic E-state index is 0.0868. The number of hydrogen-bond donors (Lipinski definition) is 0. The van der Waals surface area contributed by atoms with Crippen LogP contribution in [0.3, 0.4) is 0 Å². The fourth-order valence-electron chi connectivity index (χ4n) is 3.66. The quantitative estimate of drug-likeness (QED) is 0.363. The van der Waals surface area contributed by atoms with E-state index in [-0.39, 0.29) is 5.91 Å². The van der Waals surface area contributed by atoms with Crippen molar-refractivity contribution in [3.63, 3.8) is 0 Å². The van der Waals surface area contributed by atoms with Crippen molar-refractivity contribution in [1.29, 1.82) is 0 Å². The number of benzene rings is 3. The van der Waals surface area contributed by atoms with E-state index in [1.165, 1.54) is 0 Å². The van der Waals surface area contributed by atoms with Crippen LogP contribution in [0.25, 0.3) is 33.3 Å². The van der Waals surface area contributed by atoms with Gasteiger partial charge in [-0.1, -0.05) is 46.3 Å². The molecule has 0 unspecified atom stereocenters. The van der Waals surface area contributed by atoms with E-state index in [9.17, 15) is 4.79 Å². The predicted molar refractivity (Wildman–Crippen MR) is 116 cm³/mol. The zero-order chi connectivity index (χ0) is 19.3. The summed E-state index contributed by atoms with van der Waals surface area (Å²) in [6.45, 7) is 0. The van der Waals surface area contributed by atoms with E-state index < -0.39 is 0 Å². The average Bonchev–Trinajstić information content (AvgIpc) is 3.25. The standard InChI is InChI=1S/C23H16BrN3O/c1-26-14-18(17-13-16(24)11-12-20(17)26)22-25-19-9-5-6-10-21(19)27(22)23(28)15-7-3-2-4-8-15/h2-14H,1H3. The molecule has 136 valence electrons. The van der Waals surface area contributed by atoms with Crippen LogP contribution in [0.2, 0.25) is 0 Å². The van der Waals surface area contributed by atoms with Gasteiger partial charge < -0.3 is 4.57 Å². The van der Waals surface area contributed by atoms with Crippen LogP contribution >= 0.6 is 15.9 Å². The highest BCUT2D eigenvalue weighted by Crippen LogP contribution is 2.34. The fourth-order valence-corrected chi connectivity index (χ4v) is 4.03. The van der Waals surface area contributed by atoms with Gasteiger partial charge in [0.05, 0.1) is 11.0 Å². The van der Waals surface area contributed by atoms with Crippen LogP contribution in [0.4, 0.5) is 0 Å². The summed E-state index contributed by atoms with van der Waals surface area (Å²) < 4.78 is 4.78. The summed E-state index contributed by atoms with van der Waals surface area (Å²) in [5.74, 6) is 0.565. The van der Waals surface area contributed by atoms with Crippen LogP contribution in [0.1, 0.15) is 10.4 Å². The summed E-state index contributed by atoms with van der Waals surface area (Å²) in [5.41, 5.74) is 4.25. The molecule has 0 aliphatic heterocycles. The molecule has 0 N–H and O–H groups in total. The Kier molecular flexibility index (Phi) is 3.91. The molecule has 0 radical (unpaired) electrons. The van der Waals surface area contributed by atoms with Crippen molar-refractivity contribution >= 4 is 43.8 Å². The van der Waals surface area contributed by atoms with Gasteiger partial charge in [0, 0.05) is 39.7 Å². The molecule has 4 nitrogen and oxygen atoms in total. The second-order valence-corrected chi connectivity index (χ2v) is 7.66. The second-order valence-electron chi connectivity index (χ2n) is 6.75. The summed E-state index contributed by atoms with van der Waals surface area (Å²) in [6.07, 6.45) is 2.03. The first-order valence-corrected chi connectivity index (χ1v) is 9.75. The molecular formula is C23H16BrN3O. The topological polar surface area (TPSA) is 39.8 Å². The van der Waals surface area contributed by atoms with Gasteiger partial charge >= 0.3 is 0 Å². The highest BCUT2D eigenvalue weighted by atomic mass is 79.9. The largest absolute Gasteiger partial charge is 0.350 e. The summed E-state index contributed by atoms with van der Waals surface area (Å²) in [6, 6.07) is 23.2. The van der Waals surface area contributed by atoms with Crippen molar-refractivity contribution in [2.45, 2.75) is 0 Å². The van der Waals surface area contributed by atoms with Crippen molar-refractivity contribution in [1.82, 2.24) is 14.1 Å². The van der Waals surface area contributed by atoms with Crippen molar-refractivity contribution in [3.8, 4) is 11.4 Å². The molecule has 5 rings (SSSR count). The smallest absolute Gasteiger partial charge is 0.264 e. The average molecular weight is 430 g/mol. The number of imidazole rings is 1. The first-order valence-electron chi connectivity index (χ1n) is 8.95. The van der Waals surface area contributed by atoms with Crippen LogP contribution in [0.5, 0.6) is 0 Å². The maximum atomic E-state index is 13.4. The molecule has 0 bridgehead atoms. The minimum atomic E-state index is -0.0868.